The molecule has 2 amide bonds. The fourth-order valence-corrected chi connectivity index (χ4v) is 6.02. The van der Waals surface area contributed by atoms with Crippen LogP contribution < -0.4 is 10.6 Å². The quantitative estimate of drug-likeness (QED) is 0.724. The van der Waals surface area contributed by atoms with Gasteiger partial charge in [0, 0.05) is 24.8 Å². The van der Waals surface area contributed by atoms with E-state index >= 15 is 0 Å². The molecule has 9 heteroatoms. The number of thiophene rings is 1. The maximum absolute atomic E-state index is 12.7. The first-order chi connectivity index (χ1) is 13.3. The zero-order valence-corrected chi connectivity index (χ0v) is 17.4. The summed E-state index contributed by atoms with van der Waals surface area (Å²) in [7, 11) is -3.57. The van der Waals surface area contributed by atoms with E-state index in [9.17, 15) is 18.0 Å². The lowest BCUT2D eigenvalue weighted by molar-refractivity contribution is -0.136. The number of sulfonamides is 1. The molecule has 1 saturated heterocycles. The van der Waals surface area contributed by atoms with Crippen molar-refractivity contribution in [2.24, 2.45) is 0 Å². The van der Waals surface area contributed by atoms with Gasteiger partial charge in [0.1, 0.15) is 4.21 Å². The predicted octanol–water partition coefficient (Wildman–Crippen LogP) is 2.27. The standard InChI is InChI=1S/C19H23N3O4S2/c1-13-6-3-8-16(14(13)2)21-19(24)18(23)20-12-15-7-4-10-22(15)28(25,26)17-9-5-11-27-17/h3,5-6,8-9,11,15H,4,7,10,12H2,1-2H3,(H,20,23)(H,21,24)/t15-/m0/s1. The summed E-state index contributed by atoms with van der Waals surface area (Å²) in [5.74, 6) is -1.54. The fraction of sp³-hybridized carbons (Fsp3) is 0.368. The molecule has 2 heterocycles. The van der Waals surface area contributed by atoms with Crippen LogP contribution in [0.5, 0.6) is 0 Å². The normalized spacial score (nSPS) is 17.4. The van der Waals surface area contributed by atoms with Crippen LogP contribution in [0.25, 0.3) is 0 Å². The molecule has 1 aromatic heterocycles. The van der Waals surface area contributed by atoms with Gasteiger partial charge in [-0.3, -0.25) is 9.59 Å². The van der Waals surface area contributed by atoms with Gasteiger partial charge in [-0.05, 0) is 55.3 Å². The monoisotopic (exact) mass is 421 g/mol. The van der Waals surface area contributed by atoms with E-state index in [2.05, 4.69) is 10.6 Å². The van der Waals surface area contributed by atoms with Crippen LogP contribution in [0.15, 0.2) is 39.9 Å². The number of anilines is 1. The third-order valence-electron chi connectivity index (χ3n) is 4.94. The number of nitrogens with zero attached hydrogens (tertiary/aromatic N) is 1. The molecule has 3 rings (SSSR count). The lowest BCUT2D eigenvalue weighted by atomic mass is 10.1. The molecule has 0 radical (unpaired) electrons. The average Bonchev–Trinajstić information content (AvgIpc) is 3.35. The Morgan fingerprint density at radius 3 is 2.68 bits per heavy atom. The van der Waals surface area contributed by atoms with Crippen LogP contribution in [0.4, 0.5) is 5.69 Å². The van der Waals surface area contributed by atoms with E-state index in [1.165, 1.54) is 15.6 Å². The van der Waals surface area contributed by atoms with E-state index in [1.54, 1.807) is 23.6 Å². The Hall–Kier alpha value is -2.23. The third kappa shape index (κ3) is 4.26. The van der Waals surface area contributed by atoms with Crippen molar-refractivity contribution in [2.45, 2.75) is 36.9 Å². The summed E-state index contributed by atoms with van der Waals surface area (Å²) in [4.78, 5) is 24.4. The summed E-state index contributed by atoms with van der Waals surface area (Å²) in [6.07, 6.45) is 1.36. The first kappa shape index (κ1) is 20.5. The van der Waals surface area contributed by atoms with Crippen molar-refractivity contribution in [3.63, 3.8) is 0 Å². The largest absolute Gasteiger partial charge is 0.346 e. The van der Waals surface area contributed by atoms with Gasteiger partial charge in [0.2, 0.25) is 0 Å². The summed E-state index contributed by atoms with van der Waals surface area (Å²) in [6.45, 7) is 4.31. The molecule has 0 spiro atoms. The van der Waals surface area contributed by atoms with Crippen LogP contribution in [0.3, 0.4) is 0 Å². The topological polar surface area (TPSA) is 95.6 Å². The Kier molecular flexibility index (Phi) is 6.17. The molecular weight excluding hydrogens is 398 g/mol. The van der Waals surface area contributed by atoms with Gasteiger partial charge in [-0.25, -0.2) is 8.42 Å². The maximum Gasteiger partial charge on any atom is 0.313 e. The zero-order chi connectivity index (χ0) is 20.3. The average molecular weight is 422 g/mol. The molecule has 1 atom stereocenters. The second-order valence-corrected chi connectivity index (χ2v) is 9.82. The Labute approximate surface area is 168 Å². The minimum absolute atomic E-state index is 0.101. The zero-order valence-electron chi connectivity index (χ0n) is 15.8. The Bertz CT molecular complexity index is 971. The predicted molar refractivity (Wildman–Crippen MR) is 109 cm³/mol. The minimum Gasteiger partial charge on any atom is -0.346 e. The second-order valence-electron chi connectivity index (χ2n) is 6.76. The summed E-state index contributed by atoms with van der Waals surface area (Å²) >= 11 is 1.17. The number of amides is 2. The highest BCUT2D eigenvalue weighted by atomic mass is 32.2. The minimum atomic E-state index is -3.57. The summed E-state index contributed by atoms with van der Waals surface area (Å²) < 4.78 is 27.2. The van der Waals surface area contributed by atoms with Crippen molar-refractivity contribution in [3.05, 3.63) is 46.8 Å². The van der Waals surface area contributed by atoms with Crippen LogP contribution in [0.1, 0.15) is 24.0 Å². The lowest BCUT2D eigenvalue weighted by Crippen LogP contribution is -2.45. The van der Waals surface area contributed by atoms with E-state index in [0.29, 0.717) is 22.9 Å². The molecule has 0 bridgehead atoms. The van der Waals surface area contributed by atoms with E-state index in [1.807, 2.05) is 26.0 Å². The first-order valence-corrected chi connectivity index (χ1v) is 11.3. The van der Waals surface area contributed by atoms with Crippen molar-refractivity contribution in [1.82, 2.24) is 9.62 Å². The van der Waals surface area contributed by atoms with Gasteiger partial charge in [0.05, 0.1) is 0 Å². The number of rotatable bonds is 5. The Morgan fingerprint density at radius 1 is 1.18 bits per heavy atom. The number of benzene rings is 1. The molecule has 1 aromatic carbocycles. The molecule has 28 heavy (non-hydrogen) atoms. The number of hydrogen-bond donors (Lipinski definition) is 2. The number of carbonyl (C=O) groups is 2. The van der Waals surface area contributed by atoms with E-state index < -0.39 is 21.8 Å². The van der Waals surface area contributed by atoms with Crippen molar-refractivity contribution >= 4 is 38.9 Å². The molecule has 0 unspecified atom stereocenters. The van der Waals surface area contributed by atoms with E-state index in [0.717, 1.165) is 17.5 Å². The highest BCUT2D eigenvalue weighted by Crippen LogP contribution is 2.28. The smallest absolute Gasteiger partial charge is 0.313 e. The molecular formula is C19H23N3O4S2. The molecule has 1 fully saturated rings. The lowest BCUT2D eigenvalue weighted by Gasteiger charge is -2.23. The van der Waals surface area contributed by atoms with Gasteiger partial charge in [-0.1, -0.05) is 18.2 Å². The molecule has 0 saturated carbocycles. The van der Waals surface area contributed by atoms with Gasteiger partial charge in [0.15, 0.2) is 0 Å². The highest BCUT2D eigenvalue weighted by molar-refractivity contribution is 7.91. The van der Waals surface area contributed by atoms with Gasteiger partial charge in [0.25, 0.3) is 10.0 Å². The summed E-state index contributed by atoms with van der Waals surface area (Å²) in [6, 6.07) is 8.38. The number of nitrogens with one attached hydrogen (secondary N) is 2. The molecule has 7 nitrogen and oxygen atoms in total. The summed E-state index contributed by atoms with van der Waals surface area (Å²) in [5.41, 5.74) is 2.49. The first-order valence-electron chi connectivity index (χ1n) is 9.01. The third-order valence-corrected chi connectivity index (χ3v) is 8.26. The summed E-state index contributed by atoms with van der Waals surface area (Å²) in [5, 5.41) is 6.90. The van der Waals surface area contributed by atoms with Gasteiger partial charge in [-0.2, -0.15) is 4.31 Å². The highest BCUT2D eigenvalue weighted by Gasteiger charge is 2.36. The van der Waals surface area contributed by atoms with Gasteiger partial charge < -0.3 is 10.6 Å². The van der Waals surface area contributed by atoms with Gasteiger partial charge >= 0.3 is 11.8 Å². The molecule has 150 valence electrons. The van der Waals surface area contributed by atoms with Gasteiger partial charge in [-0.15, -0.1) is 11.3 Å². The van der Waals surface area contributed by atoms with Crippen molar-refractivity contribution in [3.8, 4) is 0 Å². The molecule has 2 N–H and O–H groups in total. The van der Waals surface area contributed by atoms with E-state index in [4.69, 9.17) is 0 Å². The number of hydrogen-bond acceptors (Lipinski definition) is 5. The fourth-order valence-electron chi connectivity index (χ4n) is 3.21. The molecule has 2 aromatic rings. The molecule has 1 aliphatic heterocycles. The van der Waals surface area contributed by atoms with Crippen LogP contribution >= 0.6 is 11.3 Å². The Balaban J connectivity index is 1.60. The Morgan fingerprint density at radius 2 is 1.96 bits per heavy atom. The molecule has 0 aliphatic carbocycles. The molecule has 1 aliphatic rings. The SMILES string of the molecule is Cc1cccc(NC(=O)C(=O)NC[C@@H]2CCCN2S(=O)(=O)c2cccs2)c1C. The van der Waals surface area contributed by atoms with Crippen LogP contribution in [0, 0.1) is 13.8 Å². The maximum atomic E-state index is 12.7. The van der Waals surface area contributed by atoms with Crippen LogP contribution in [-0.4, -0.2) is 43.7 Å². The number of carbonyl (C=O) groups excluding carboxylic acids is 2. The van der Waals surface area contributed by atoms with Crippen molar-refractivity contribution in [2.75, 3.05) is 18.4 Å². The van der Waals surface area contributed by atoms with Crippen LogP contribution in [-0.2, 0) is 19.6 Å². The van der Waals surface area contributed by atoms with Crippen molar-refractivity contribution < 1.29 is 18.0 Å². The van der Waals surface area contributed by atoms with Crippen LogP contribution in [0.2, 0.25) is 0 Å². The second kappa shape index (κ2) is 8.42. The van der Waals surface area contributed by atoms with E-state index in [-0.39, 0.29) is 12.6 Å². The van der Waals surface area contributed by atoms with Crippen molar-refractivity contribution in [1.29, 1.82) is 0 Å². The number of aryl methyl sites for hydroxylation is 1.